The van der Waals surface area contributed by atoms with Crippen LogP contribution in [0.5, 0.6) is 0 Å². The van der Waals surface area contributed by atoms with Crippen LogP contribution in [0.1, 0.15) is 43.4 Å². The van der Waals surface area contributed by atoms with Gasteiger partial charge in [-0.3, -0.25) is 4.98 Å². The minimum absolute atomic E-state index is 0.0938. The van der Waals surface area contributed by atoms with Crippen molar-refractivity contribution in [2.24, 2.45) is 0 Å². The zero-order valence-electron chi connectivity index (χ0n) is 21.8. The lowest BCUT2D eigenvalue weighted by molar-refractivity contribution is 0.135. The predicted molar refractivity (Wildman–Crippen MR) is 146 cm³/mol. The van der Waals surface area contributed by atoms with Gasteiger partial charge in [0.05, 0.1) is 35.4 Å². The van der Waals surface area contributed by atoms with Crippen molar-refractivity contribution in [2.45, 2.75) is 45.9 Å². The highest BCUT2D eigenvalue weighted by Gasteiger charge is 2.30. The third-order valence-corrected chi connectivity index (χ3v) is 8.24. The molecule has 2 aliphatic heterocycles. The van der Waals surface area contributed by atoms with Crippen molar-refractivity contribution in [3.63, 3.8) is 0 Å². The van der Waals surface area contributed by atoms with E-state index in [-0.39, 0.29) is 50.6 Å². The smallest absolute Gasteiger partial charge is 0.225 e. The monoisotopic (exact) mass is 537 g/mol. The Kier molecular flexibility index (Phi) is 7.13. The maximum atomic E-state index is 16.4. The summed E-state index contributed by atoms with van der Waals surface area (Å²) in [6.07, 6.45) is 4.64. The number of anilines is 2. The van der Waals surface area contributed by atoms with E-state index in [0.29, 0.717) is 22.9 Å². The zero-order valence-corrected chi connectivity index (χ0v) is 22.6. The average molecular weight is 538 g/mol. The van der Waals surface area contributed by atoms with Crippen LogP contribution < -0.4 is 10.6 Å². The highest BCUT2D eigenvalue weighted by atomic mass is 32.1. The molecule has 2 N–H and O–H groups in total. The summed E-state index contributed by atoms with van der Waals surface area (Å²) in [5.74, 6) is -0.722. The van der Waals surface area contributed by atoms with E-state index in [1.54, 1.807) is 6.20 Å². The number of benzene rings is 1. The number of hydrogen-bond acceptors (Lipinski definition) is 9. The van der Waals surface area contributed by atoms with E-state index in [1.807, 2.05) is 19.9 Å². The summed E-state index contributed by atoms with van der Waals surface area (Å²) >= 11 is 0.956. The third-order valence-electron chi connectivity index (χ3n) is 7.21. The van der Waals surface area contributed by atoms with Crippen LogP contribution in [-0.2, 0) is 18.0 Å². The lowest BCUT2D eigenvalue weighted by atomic mass is 9.94. The van der Waals surface area contributed by atoms with Crippen molar-refractivity contribution >= 4 is 43.3 Å². The molecule has 1 fully saturated rings. The van der Waals surface area contributed by atoms with Crippen LogP contribution in [0.3, 0.4) is 0 Å². The Labute approximate surface area is 223 Å². The number of nitrogens with two attached hydrogens (primary N) is 1. The van der Waals surface area contributed by atoms with Crippen LogP contribution in [0.2, 0.25) is 0 Å². The maximum Gasteiger partial charge on any atom is 0.225 e. The normalized spacial score (nSPS) is 15.6. The molecule has 0 bridgehead atoms. The number of pyridine rings is 1. The first-order chi connectivity index (χ1) is 18.4. The molecule has 0 unspecified atom stereocenters. The molecule has 6 rings (SSSR count). The molecular formula is C27H29F2N7OS. The summed E-state index contributed by atoms with van der Waals surface area (Å²) in [5.41, 5.74) is 7.99. The molecule has 1 aromatic carbocycles. The van der Waals surface area contributed by atoms with Gasteiger partial charge in [-0.2, -0.15) is 5.26 Å². The molecule has 1 saturated heterocycles. The second-order valence-corrected chi connectivity index (χ2v) is 10.4. The molecule has 38 heavy (non-hydrogen) atoms. The van der Waals surface area contributed by atoms with Crippen molar-refractivity contribution in [3.8, 4) is 17.3 Å². The minimum atomic E-state index is -0.605. The molecule has 0 atom stereocenters. The first kappa shape index (κ1) is 26.2. The van der Waals surface area contributed by atoms with Crippen LogP contribution in [0, 0.1) is 23.0 Å². The van der Waals surface area contributed by atoms with Gasteiger partial charge >= 0.3 is 0 Å². The third kappa shape index (κ3) is 4.13. The fraction of sp³-hybridized carbons (Fsp3) is 0.407. The van der Waals surface area contributed by atoms with Crippen molar-refractivity contribution < 1.29 is 13.5 Å². The van der Waals surface area contributed by atoms with E-state index >= 15 is 4.39 Å². The van der Waals surface area contributed by atoms with Gasteiger partial charge in [0.25, 0.3) is 0 Å². The number of nitriles is 1. The molecular weight excluding hydrogens is 508 g/mol. The topological polar surface area (TPSA) is 104 Å². The first-order valence-electron chi connectivity index (χ1n) is 12.6. The minimum Gasteiger partial charge on any atom is -0.389 e. The Morgan fingerprint density at radius 3 is 2.53 bits per heavy atom. The summed E-state index contributed by atoms with van der Waals surface area (Å²) in [6, 6.07) is 2.52. The fourth-order valence-electron chi connectivity index (χ4n) is 5.27. The number of ether oxygens (including phenoxy) is 1. The number of aromatic nitrogens is 3. The van der Waals surface area contributed by atoms with Crippen LogP contribution in [0.15, 0.2) is 12.4 Å². The van der Waals surface area contributed by atoms with Crippen LogP contribution in [0.25, 0.3) is 32.2 Å². The molecule has 198 valence electrons. The summed E-state index contributed by atoms with van der Waals surface area (Å²) in [7, 11) is 4.15. The Morgan fingerprint density at radius 2 is 1.84 bits per heavy atom. The Bertz CT molecular complexity index is 1570. The van der Waals surface area contributed by atoms with Gasteiger partial charge < -0.3 is 20.3 Å². The molecule has 0 aliphatic carbocycles. The van der Waals surface area contributed by atoms with Gasteiger partial charge in [0.15, 0.2) is 11.6 Å². The molecule has 0 amide bonds. The Balaban J connectivity index is 0.00000144. The highest BCUT2D eigenvalue weighted by Crippen LogP contribution is 2.45. The molecule has 0 saturated carbocycles. The van der Waals surface area contributed by atoms with Gasteiger partial charge in [-0.05, 0) is 38.1 Å². The molecule has 2 aliphatic rings. The van der Waals surface area contributed by atoms with Gasteiger partial charge in [0, 0.05) is 41.7 Å². The number of nitrogen functional groups attached to an aromatic ring is 1. The fourth-order valence-corrected chi connectivity index (χ4v) is 6.19. The average Bonchev–Trinajstić information content (AvgIpc) is 3.55. The van der Waals surface area contributed by atoms with Crippen LogP contribution in [-0.4, -0.2) is 53.1 Å². The first-order valence-corrected chi connectivity index (χ1v) is 13.5. The van der Waals surface area contributed by atoms with Crippen molar-refractivity contribution in [1.29, 1.82) is 5.26 Å². The molecule has 0 radical (unpaired) electrons. The quantitative estimate of drug-likeness (QED) is 0.379. The Hall–Kier alpha value is -3.46. The number of nitrogens with zero attached hydrogens (tertiary/aromatic N) is 6. The molecule has 11 heteroatoms. The molecule has 5 heterocycles. The summed E-state index contributed by atoms with van der Waals surface area (Å²) in [6.45, 7) is 5.99. The molecule has 0 spiro atoms. The molecule has 4 aromatic rings. The standard InChI is InChI=1S/C25H23F2N7OS.C2H6/c1-33(2)12-3-5-34(6-4-12)25-31-8-14-15-10-35-11-16(15)18(20(27)21(14)32-25)22-19-13(7-28)24(29)36-23(19)17(26)9-30-22;1-2/h8-9,12H,3-6,10-11,29H2,1-2H3;1-2H3. The van der Waals surface area contributed by atoms with Gasteiger partial charge in [-0.1, -0.05) is 13.8 Å². The van der Waals surface area contributed by atoms with Gasteiger partial charge in [0.2, 0.25) is 5.95 Å². The lowest BCUT2D eigenvalue weighted by Crippen LogP contribution is -2.42. The summed E-state index contributed by atoms with van der Waals surface area (Å²) in [5, 5.41) is 10.7. The van der Waals surface area contributed by atoms with Crippen molar-refractivity contribution in [3.05, 3.63) is 40.7 Å². The zero-order chi connectivity index (χ0) is 27.1. The number of thiophene rings is 1. The van der Waals surface area contributed by atoms with Crippen LogP contribution in [0.4, 0.5) is 19.7 Å². The SMILES string of the molecule is CC.CN(C)C1CCN(c2ncc3c4c(c(-c5ncc(F)c6sc(N)c(C#N)c56)c(F)c3n2)COC4)CC1. The van der Waals surface area contributed by atoms with E-state index in [1.165, 1.54) is 0 Å². The summed E-state index contributed by atoms with van der Waals surface area (Å²) < 4.78 is 36.9. The second kappa shape index (κ2) is 10.4. The number of halogens is 2. The largest absolute Gasteiger partial charge is 0.389 e. The Morgan fingerprint density at radius 1 is 1.13 bits per heavy atom. The van der Waals surface area contributed by atoms with E-state index < -0.39 is 11.6 Å². The molecule has 3 aromatic heterocycles. The van der Waals surface area contributed by atoms with Gasteiger partial charge in [-0.15, -0.1) is 11.3 Å². The van der Waals surface area contributed by atoms with E-state index in [4.69, 9.17) is 10.5 Å². The van der Waals surface area contributed by atoms with Gasteiger partial charge in [0.1, 0.15) is 16.6 Å². The second-order valence-electron chi connectivity index (χ2n) is 9.36. The van der Waals surface area contributed by atoms with E-state index in [0.717, 1.165) is 49.0 Å². The van der Waals surface area contributed by atoms with Gasteiger partial charge in [-0.25, -0.2) is 18.7 Å². The lowest BCUT2D eigenvalue weighted by Gasteiger charge is -2.35. The summed E-state index contributed by atoms with van der Waals surface area (Å²) in [4.78, 5) is 17.8. The number of piperidine rings is 1. The van der Waals surface area contributed by atoms with Crippen molar-refractivity contribution in [1.82, 2.24) is 19.9 Å². The maximum absolute atomic E-state index is 16.4. The van der Waals surface area contributed by atoms with Crippen molar-refractivity contribution in [2.75, 3.05) is 37.8 Å². The number of hydrogen-bond donors (Lipinski definition) is 1. The van der Waals surface area contributed by atoms with E-state index in [9.17, 15) is 9.65 Å². The number of fused-ring (bicyclic) bond motifs is 4. The van der Waals surface area contributed by atoms with Crippen LogP contribution >= 0.6 is 11.3 Å². The molecule has 8 nitrogen and oxygen atoms in total. The predicted octanol–water partition coefficient (Wildman–Crippen LogP) is 5.23. The highest BCUT2D eigenvalue weighted by molar-refractivity contribution is 7.23. The number of rotatable bonds is 3. The van der Waals surface area contributed by atoms with E-state index in [2.05, 4.69) is 38.8 Å².